The fraction of sp³-hybridized carbons (Fsp3) is 0.524. The number of imidazole rings is 1. The van der Waals surface area contributed by atoms with Gasteiger partial charge in [-0.2, -0.15) is 5.26 Å². The van der Waals surface area contributed by atoms with Crippen LogP contribution in [0.2, 0.25) is 0 Å². The molecule has 0 bridgehead atoms. The van der Waals surface area contributed by atoms with Crippen LogP contribution in [0.4, 0.5) is 5.82 Å². The van der Waals surface area contributed by atoms with Crippen LogP contribution in [0, 0.1) is 11.3 Å². The first-order chi connectivity index (χ1) is 14.7. The van der Waals surface area contributed by atoms with Gasteiger partial charge in [-0.1, -0.05) is 0 Å². The summed E-state index contributed by atoms with van der Waals surface area (Å²) in [6.45, 7) is 2.79. The number of hydrogen-bond acceptors (Lipinski definition) is 7. The molecular formula is C21H26N6O3. The van der Waals surface area contributed by atoms with E-state index in [1.807, 2.05) is 4.90 Å². The van der Waals surface area contributed by atoms with E-state index in [0.717, 1.165) is 18.5 Å². The van der Waals surface area contributed by atoms with Gasteiger partial charge in [0.15, 0.2) is 0 Å². The summed E-state index contributed by atoms with van der Waals surface area (Å²) in [5.41, 5.74) is 1.04. The van der Waals surface area contributed by atoms with Crippen molar-refractivity contribution < 1.29 is 14.3 Å². The Labute approximate surface area is 175 Å². The predicted molar refractivity (Wildman–Crippen MR) is 109 cm³/mol. The minimum absolute atomic E-state index is 0.0195. The minimum Gasteiger partial charge on any atom is -0.377 e. The molecule has 1 spiro atoms. The Hall–Kier alpha value is -2.96. The van der Waals surface area contributed by atoms with E-state index < -0.39 is 5.60 Å². The number of nitrogens with one attached hydrogen (secondary N) is 2. The van der Waals surface area contributed by atoms with Crippen LogP contribution in [0.25, 0.3) is 0 Å². The van der Waals surface area contributed by atoms with Crippen molar-refractivity contribution in [2.75, 3.05) is 38.2 Å². The number of aryl methyl sites for hydroxylation is 1. The van der Waals surface area contributed by atoms with E-state index in [0.29, 0.717) is 57.1 Å². The van der Waals surface area contributed by atoms with Gasteiger partial charge in [-0.25, -0.2) is 9.97 Å². The van der Waals surface area contributed by atoms with E-state index in [-0.39, 0.29) is 12.0 Å². The van der Waals surface area contributed by atoms with Crippen LogP contribution in [-0.2, 0) is 20.7 Å². The summed E-state index contributed by atoms with van der Waals surface area (Å²) in [6.07, 6.45) is 7.77. The minimum atomic E-state index is -0.454. The third-order valence-corrected chi connectivity index (χ3v) is 5.61. The zero-order valence-electron chi connectivity index (χ0n) is 16.8. The lowest BCUT2D eigenvalue weighted by Gasteiger charge is -2.32. The van der Waals surface area contributed by atoms with Crippen LogP contribution in [0.3, 0.4) is 0 Å². The topological polar surface area (TPSA) is 116 Å². The van der Waals surface area contributed by atoms with Gasteiger partial charge < -0.3 is 24.7 Å². The molecule has 0 unspecified atom stereocenters. The van der Waals surface area contributed by atoms with Crippen molar-refractivity contribution in [3.63, 3.8) is 0 Å². The van der Waals surface area contributed by atoms with Gasteiger partial charge in [0.2, 0.25) is 5.91 Å². The fourth-order valence-corrected chi connectivity index (χ4v) is 3.98. The molecule has 2 aromatic rings. The molecule has 0 aromatic carbocycles. The summed E-state index contributed by atoms with van der Waals surface area (Å²) < 4.78 is 12.2. The lowest BCUT2D eigenvalue weighted by molar-refractivity contribution is -0.135. The van der Waals surface area contributed by atoms with Gasteiger partial charge in [0.25, 0.3) is 0 Å². The SMILES string of the molecule is N#Cc1ccc(NC[C@@H]2CC[C@]3(COCCN(C(=O)CCc4cnc[nH]4)C3)O2)nc1. The molecule has 0 radical (unpaired) electrons. The normalized spacial score (nSPS) is 23.8. The molecule has 2 aliphatic heterocycles. The zero-order chi connectivity index (χ0) is 20.8. The van der Waals surface area contributed by atoms with E-state index in [1.54, 1.807) is 30.9 Å². The molecule has 2 N–H and O–H groups in total. The number of pyridine rings is 1. The first-order valence-electron chi connectivity index (χ1n) is 10.3. The molecule has 4 heterocycles. The molecular weight excluding hydrogens is 384 g/mol. The maximum atomic E-state index is 12.8. The highest BCUT2D eigenvalue weighted by atomic mass is 16.6. The Morgan fingerprint density at radius 1 is 1.43 bits per heavy atom. The Bertz CT molecular complexity index is 879. The molecule has 2 aliphatic rings. The maximum absolute atomic E-state index is 12.8. The molecule has 2 aromatic heterocycles. The summed E-state index contributed by atoms with van der Waals surface area (Å²) in [4.78, 5) is 25.9. The van der Waals surface area contributed by atoms with Crippen molar-refractivity contribution in [3.05, 3.63) is 42.1 Å². The number of H-pyrrole nitrogens is 1. The van der Waals surface area contributed by atoms with Gasteiger partial charge in [-0.15, -0.1) is 0 Å². The van der Waals surface area contributed by atoms with Gasteiger partial charge in [0, 0.05) is 37.6 Å². The van der Waals surface area contributed by atoms with Crippen molar-refractivity contribution in [2.45, 2.75) is 37.4 Å². The van der Waals surface area contributed by atoms with Gasteiger partial charge in [-0.05, 0) is 31.4 Å². The third-order valence-electron chi connectivity index (χ3n) is 5.61. The molecule has 0 saturated carbocycles. The number of rotatable bonds is 6. The standard InChI is InChI=1S/C21H26N6O3/c22-9-16-1-3-19(24-10-16)25-12-18-5-6-21(30-18)13-27(7-8-29-14-21)20(28)4-2-17-11-23-15-26-17/h1,3,10-11,15,18H,2,4-8,12-14H2,(H,23,26)(H,24,25)/t18-,21-/m0/s1. The average Bonchev–Trinajstić information content (AvgIpc) is 3.38. The highest BCUT2D eigenvalue weighted by molar-refractivity contribution is 5.76. The van der Waals surface area contributed by atoms with E-state index in [1.165, 1.54) is 0 Å². The molecule has 9 nitrogen and oxygen atoms in total. The number of hydrogen-bond donors (Lipinski definition) is 2. The maximum Gasteiger partial charge on any atom is 0.223 e. The largest absolute Gasteiger partial charge is 0.377 e. The van der Waals surface area contributed by atoms with E-state index in [9.17, 15) is 4.79 Å². The number of ether oxygens (including phenoxy) is 2. The lowest BCUT2D eigenvalue weighted by atomic mass is 10.00. The second kappa shape index (κ2) is 9.24. The van der Waals surface area contributed by atoms with Crippen molar-refractivity contribution in [1.82, 2.24) is 19.9 Å². The van der Waals surface area contributed by atoms with Crippen LogP contribution in [0.5, 0.6) is 0 Å². The van der Waals surface area contributed by atoms with Gasteiger partial charge in [0.1, 0.15) is 17.5 Å². The second-order valence-corrected chi connectivity index (χ2v) is 7.83. The Kier molecular flexibility index (Phi) is 6.26. The quantitative estimate of drug-likeness (QED) is 0.741. The summed E-state index contributed by atoms with van der Waals surface area (Å²) in [6, 6.07) is 5.58. The molecule has 30 heavy (non-hydrogen) atoms. The highest BCUT2D eigenvalue weighted by Crippen LogP contribution is 2.33. The zero-order valence-corrected chi connectivity index (χ0v) is 16.8. The first kappa shape index (κ1) is 20.3. The molecule has 2 fully saturated rings. The Balaban J connectivity index is 1.30. The summed E-state index contributed by atoms with van der Waals surface area (Å²) in [5, 5.41) is 12.1. The van der Waals surface area contributed by atoms with Crippen LogP contribution >= 0.6 is 0 Å². The smallest absolute Gasteiger partial charge is 0.223 e. The van der Waals surface area contributed by atoms with Crippen LogP contribution in [-0.4, -0.2) is 70.3 Å². The highest BCUT2D eigenvalue weighted by Gasteiger charge is 2.43. The van der Waals surface area contributed by atoms with Crippen molar-refractivity contribution in [2.24, 2.45) is 0 Å². The number of carbonyl (C=O) groups excluding carboxylic acids is 1. The fourth-order valence-electron chi connectivity index (χ4n) is 3.98. The Morgan fingerprint density at radius 3 is 3.13 bits per heavy atom. The molecule has 9 heteroatoms. The molecule has 158 valence electrons. The number of aromatic nitrogens is 3. The Morgan fingerprint density at radius 2 is 2.37 bits per heavy atom. The predicted octanol–water partition coefficient (Wildman–Crippen LogP) is 1.50. The van der Waals surface area contributed by atoms with Crippen molar-refractivity contribution in [3.8, 4) is 6.07 Å². The summed E-state index contributed by atoms with van der Waals surface area (Å²) >= 11 is 0. The van der Waals surface area contributed by atoms with Crippen molar-refractivity contribution in [1.29, 1.82) is 5.26 Å². The molecule has 1 amide bonds. The number of amides is 1. The molecule has 0 aliphatic carbocycles. The monoisotopic (exact) mass is 410 g/mol. The van der Waals surface area contributed by atoms with E-state index in [4.69, 9.17) is 14.7 Å². The molecule has 2 atom stereocenters. The van der Waals surface area contributed by atoms with Crippen molar-refractivity contribution >= 4 is 11.7 Å². The number of nitrogens with zero attached hydrogens (tertiary/aromatic N) is 4. The van der Waals surface area contributed by atoms with E-state index >= 15 is 0 Å². The third kappa shape index (κ3) is 4.96. The van der Waals surface area contributed by atoms with Gasteiger partial charge in [0.05, 0.1) is 37.8 Å². The lowest BCUT2D eigenvalue weighted by Crippen LogP contribution is -2.47. The second-order valence-electron chi connectivity index (χ2n) is 7.83. The van der Waals surface area contributed by atoms with Crippen LogP contribution < -0.4 is 5.32 Å². The van der Waals surface area contributed by atoms with Gasteiger partial charge in [-0.3, -0.25) is 4.79 Å². The summed E-state index contributed by atoms with van der Waals surface area (Å²) in [5.74, 6) is 0.827. The molecule has 2 saturated heterocycles. The van der Waals surface area contributed by atoms with Gasteiger partial charge >= 0.3 is 0 Å². The number of aromatic amines is 1. The first-order valence-corrected chi connectivity index (χ1v) is 10.3. The van der Waals surface area contributed by atoms with E-state index in [2.05, 4.69) is 26.3 Å². The summed E-state index contributed by atoms with van der Waals surface area (Å²) in [7, 11) is 0. The number of carbonyl (C=O) groups is 1. The molecule has 4 rings (SSSR count). The number of anilines is 1. The average molecular weight is 410 g/mol. The number of nitriles is 1. The van der Waals surface area contributed by atoms with Crippen LogP contribution in [0.1, 0.15) is 30.5 Å². The van der Waals surface area contributed by atoms with Crippen LogP contribution in [0.15, 0.2) is 30.9 Å².